The maximum atomic E-state index is 13.4. The number of hydrogen-bond donors (Lipinski definition) is 2. The van der Waals surface area contributed by atoms with Crippen LogP contribution in [-0.2, 0) is 0 Å². The Morgan fingerprint density at radius 1 is 1.06 bits per heavy atom. The number of piperidine rings is 1. The number of allylic oxidation sites excluding steroid dienone is 1. The molecule has 0 saturated carbocycles. The van der Waals surface area contributed by atoms with Gasteiger partial charge >= 0.3 is 0 Å². The van der Waals surface area contributed by atoms with Gasteiger partial charge in [0.25, 0.3) is 0 Å². The molecule has 0 spiro atoms. The summed E-state index contributed by atoms with van der Waals surface area (Å²) < 4.78 is 23.1. The van der Waals surface area contributed by atoms with Crippen molar-refractivity contribution < 1.29 is 45.8 Å². The number of ether oxygens (including phenoxy) is 3. The minimum atomic E-state index is -0.322. The SMILES string of the molecule is COc1c(C(=O)/C=C/c2ccccc2O)c(OCC[NH+]2CCCCC2)c(OC)c2occc12.[Cl-]. The van der Waals surface area contributed by atoms with E-state index in [0.717, 1.165) is 19.6 Å². The zero-order valence-electron chi connectivity index (χ0n) is 19.4. The lowest BCUT2D eigenvalue weighted by Gasteiger charge is -2.24. The van der Waals surface area contributed by atoms with E-state index in [-0.39, 0.29) is 29.5 Å². The largest absolute Gasteiger partial charge is 1.00 e. The lowest BCUT2D eigenvalue weighted by molar-refractivity contribution is -0.904. The number of carbonyl (C=O) groups is 1. The van der Waals surface area contributed by atoms with Crippen molar-refractivity contribution in [3.63, 3.8) is 0 Å². The first-order chi connectivity index (χ1) is 16.1. The topological polar surface area (TPSA) is 82.6 Å². The number of furan rings is 1. The number of fused-ring (bicyclic) bond motifs is 1. The first kappa shape index (κ1) is 25.5. The third kappa shape index (κ3) is 5.32. The van der Waals surface area contributed by atoms with Crippen LogP contribution >= 0.6 is 0 Å². The van der Waals surface area contributed by atoms with Gasteiger partial charge in [0, 0.05) is 5.56 Å². The van der Waals surface area contributed by atoms with Crippen molar-refractivity contribution in [1.29, 1.82) is 0 Å². The van der Waals surface area contributed by atoms with Crippen LogP contribution in [0.3, 0.4) is 0 Å². The third-order valence-corrected chi connectivity index (χ3v) is 6.04. The molecule has 1 saturated heterocycles. The predicted molar refractivity (Wildman–Crippen MR) is 126 cm³/mol. The Balaban J connectivity index is 0.00000324. The molecule has 0 bridgehead atoms. The second kappa shape index (κ2) is 11.8. The van der Waals surface area contributed by atoms with Crippen LogP contribution in [0.15, 0.2) is 47.1 Å². The van der Waals surface area contributed by atoms with E-state index in [0.29, 0.717) is 40.4 Å². The summed E-state index contributed by atoms with van der Waals surface area (Å²) >= 11 is 0. The maximum Gasteiger partial charge on any atom is 0.205 e. The van der Waals surface area contributed by atoms with Crippen LogP contribution in [0, 0.1) is 0 Å². The quantitative estimate of drug-likeness (QED) is 0.338. The number of phenolic OH excluding ortho intramolecular Hbond substituents is 1. The number of rotatable bonds is 9. The molecule has 1 aliphatic rings. The number of methoxy groups -OCH3 is 2. The van der Waals surface area contributed by atoms with Gasteiger partial charge in [-0.3, -0.25) is 4.79 Å². The molecule has 3 aromatic rings. The summed E-state index contributed by atoms with van der Waals surface area (Å²) in [6.07, 6.45) is 8.25. The Kier molecular flexibility index (Phi) is 8.85. The molecule has 0 aliphatic carbocycles. The maximum absolute atomic E-state index is 13.4. The lowest BCUT2D eigenvalue weighted by Crippen LogP contribution is -3.13. The molecule has 4 rings (SSSR count). The molecule has 0 amide bonds. The molecule has 182 valence electrons. The monoisotopic (exact) mass is 487 g/mol. The molecular weight excluding hydrogens is 458 g/mol. The molecule has 0 atom stereocenters. The zero-order chi connectivity index (χ0) is 23.2. The van der Waals surface area contributed by atoms with E-state index in [9.17, 15) is 9.90 Å². The third-order valence-electron chi connectivity index (χ3n) is 6.04. The molecule has 2 N–H and O–H groups in total. The number of hydrogen-bond acceptors (Lipinski definition) is 6. The molecule has 2 heterocycles. The Hall–Kier alpha value is -3.16. The molecule has 2 aromatic carbocycles. The number of nitrogens with one attached hydrogen (secondary N) is 1. The van der Waals surface area contributed by atoms with E-state index in [1.54, 1.807) is 36.4 Å². The summed E-state index contributed by atoms with van der Waals surface area (Å²) in [4.78, 5) is 14.9. The summed E-state index contributed by atoms with van der Waals surface area (Å²) in [5.74, 6) is 0.810. The van der Waals surface area contributed by atoms with Gasteiger partial charge in [-0.15, -0.1) is 0 Å². The van der Waals surface area contributed by atoms with Crippen LogP contribution in [0.4, 0.5) is 0 Å². The van der Waals surface area contributed by atoms with Gasteiger partial charge in [0.05, 0.1) is 39.0 Å². The van der Waals surface area contributed by atoms with E-state index in [2.05, 4.69) is 0 Å². The van der Waals surface area contributed by atoms with Crippen LogP contribution in [-0.4, -0.2) is 51.4 Å². The van der Waals surface area contributed by atoms with E-state index >= 15 is 0 Å². The minimum Gasteiger partial charge on any atom is -1.00 e. The molecule has 8 heteroatoms. The first-order valence-electron chi connectivity index (χ1n) is 11.3. The van der Waals surface area contributed by atoms with Crippen LogP contribution in [0.25, 0.3) is 17.0 Å². The number of halogens is 1. The normalized spacial score (nSPS) is 14.2. The van der Waals surface area contributed by atoms with E-state index in [4.69, 9.17) is 18.6 Å². The molecule has 1 aromatic heterocycles. The first-order valence-corrected chi connectivity index (χ1v) is 11.3. The molecule has 34 heavy (non-hydrogen) atoms. The van der Waals surface area contributed by atoms with Crippen LogP contribution in [0.1, 0.15) is 35.2 Å². The fourth-order valence-corrected chi connectivity index (χ4v) is 4.35. The summed E-state index contributed by atoms with van der Waals surface area (Å²) in [6.45, 7) is 3.54. The number of carbonyl (C=O) groups excluding carboxylic acids is 1. The molecular formula is C26H30ClNO6. The van der Waals surface area contributed by atoms with Gasteiger partial charge in [-0.1, -0.05) is 18.2 Å². The van der Waals surface area contributed by atoms with Crippen molar-refractivity contribution in [2.24, 2.45) is 0 Å². The summed E-state index contributed by atoms with van der Waals surface area (Å²) in [7, 11) is 3.04. The van der Waals surface area contributed by atoms with Crippen molar-refractivity contribution in [1.82, 2.24) is 0 Å². The number of quaternary nitrogens is 1. The second-order valence-electron chi connectivity index (χ2n) is 8.10. The predicted octanol–water partition coefficient (Wildman–Crippen LogP) is 0.503. The van der Waals surface area contributed by atoms with E-state index in [1.165, 1.54) is 50.7 Å². The number of phenols is 1. The highest BCUT2D eigenvalue weighted by Crippen LogP contribution is 2.46. The lowest BCUT2D eigenvalue weighted by atomic mass is 10.0. The van der Waals surface area contributed by atoms with Gasteiger partial charge in [-0.25, -0.2) is 0 Å². The Labute approximate surface area is 205 Å². The highest BCUT2D eigenvalue weighted by molar-refractivity contribution is 6.15. The fourth-order valence-electron chi connectivity index (χ4n) is 4.35. The van der Waals surface area contributed by atoms with Gasteiger partial charge < -0.3 is 41.0 Å². The van der Waals surface area contributed by atoms with Crippen molar-refractivity contribution in [3.8, 4) is 23.0 Å². The number of benzene rings is 2. The fraction of sp³-hybridized carbons (Fsp3) is 0.346. The van der Waals surface area contributed by atoms with Gasteiger partial charge in [-0.05, 0) is 43.5 Å². The highest BCUT2D eigenvalue weighted by atomic mass is 35.5. The van der Waals surface area contributed by atoms with Crippen molar-refractivity contribution >= 4 is 22.8 Å². The molecule has 1 aliphatic heterocycles. The number of ketones is 1. The van der Waals surface area contributed by atoms with Crippen LogP contribution < -0.4 is 31.5 Å². The average Bonchev–Trinajstić information content (AvgIpc) is 3.32. The van der Waals surface area contributed by atoms with Crippen LogP contribution in [0.5, 0.6) is 23.0 Å². The van der Waals surface area contributed by atoms with Gasteiger partial charge in [-0.2, -0.15) is 0 Å². The van der Waals surface area contributed by atoms with Crippen LogP contribution in [0.2, 0.25) is 0 Å². The number of aromatic hydroxyl groups is 1. The van der Waals surface area contributed by atoms with Crippen molar-refractivity contribution in [2.75, 3.05) is 40.5 Å². The Bertz CT molecular complexity index is 1150. The van der Waals surface area contributed by atoms with Gasteiger partial charge in [0.15, 0.2) is 17.1 Å². The van der Waals surface area contributed by atoms with Gasteiger partial charge in [0.1, 0.15) is 30.2 Å². The number of para-hydroxylation sites is 1. The molecule has 0 radical (unpaired) electrons. The zero-order valence-corrected chi connectivity index (χ0v) is 20.2. The summed E-state index contributed by atoms with van der Waals surface area (Å²) in [5.41, 5.74) is 1.27. The molecule has 1 fully saturated rings. The average molecular weight is 488 g/mol. The van der Waals surface area contributed by atoms with Crippen molar-refractivity contribution in [3.05, 3.63) is 53.8 Å². The van der Waals surface area contributed by atoms with Gasteiger partial charge in [0.2, 0.25) is 5.75 Å². The highest BCUT2D eigenvalue weighted by Gasteiger charge is 2.28. The smallest absolute Gasteiger partial charge is 0.205 e. The summed E-state index contributed by atoms with van der Waals surface area (Å²) in [5, 5.41) is 10.7. The standard InChI is InChI=1S/C26H29NO6.ClH/c1-30-23-19-12-16-32-24(19)26(31-2)25(33-17-15-27-13-6-3-7-14-27)22(23)21(29)11-10-18-8-4-5-9-20(18)28;/h4-5,8-12,16,28H,3,6-7,13-15,17H2,1-2H3;1H/b11-10+;. The second-order valence-corrected chi connectivity index (χ2v) is 8.10. The summed E-state index contributed by atoms with van der Waals surface area (Å²) in [6, 6.07) is 8.56. The molecule has 7 nitrogen and oxygen atoms in total. The molecule has 0 unspecified atom stereocenters. The van der Waals surface area contributed by atoms with E-state index in [1.807, 2.05) is 0 Å². The van der Waals surface area contributed by atoms with E-state index < -0.39 is 0 Å². The van der Waals surface area contributed by atoms with Crippen molar-refractivity contribution in [2.45, 2.75) is 19.3 Å². The Morgan fingerprint density at radius 2 is 1.79 bits per heavy atom. The number of likely N-dealkylation sites (tertiary alicyclic amines) is 1. The minimum absolute atomic E-state index is 0. The Morgan fingerprint density at radius 3 is 2.50 bits per heavy atom.